The van der Waals surface area contributed by atoms with Crippen molar-refractivity contribution in [2.75, 3.05) is 11.9 Å². The number of anilines is 1. The summed E-state index contributed by atoms with van der Waals surface area (Å²) in [5.41, 5.74) is 5.49. The molecule has 0 fully saturated rings. The normalized spacial score (nSPS) is 11.0. The lowest BCUT2D eigenvalue weighted by molar-refractivity contribution is 0.885. The number of hydrogen-bond acceptors (Lipinski definition) is 4. The molecule has 0 saturated carbocycles. The zero-order valence-corrected chi connectivity index (χ0v) is 15.2. The monoisotopic (exact) mass is 343 g/mol. The van der Waals surface area contributed by atoms with Crippen molar-refractivity contribution in [2.24, 2.45) is 0 Å². The minimum atomic E-state index is 0.779. The summed E-state index contributed by atoms with van der Waals surface area (Å²) in [5.74, 6) is 0.884. The lowest BCUT2D eigenvalue weighted by Crippen LogP contribution is -2.18. The second-order valence-corrected chi connectivity index (χ2v) is 6.68. The number of fused-ring (bicyclic) bond motifs is 1. The third kappa shape index (κ3) is 3.04. The summed E-state index contributed by atoms with van der Waals surface area (Å²) in [6, 6.07) is 16.8. The second-order valence-electron chi connectivity index (χ2n) is 6.68. The van der Waals surface area contributed by atoms with E-state index in [0.29, 0.717) is 0 Å². The third-order valence-corrected chi connectivity index (χ3v) is 4.42. The molecule has 26 heavy (non-hydrogen) atoms. The van der Waals surface area contributed by atoms with Gasteiger partial charge in [0.1, 0.15) is 12.1 Å². The zero-order chi connectivity index (χ0) is 18.1. The van der Waals surface area contributed by atoms with E-state index in [-0.39, 0.29) is 0 Å². The van der Waals surface area contributed by atoms with Crippen LogP contribution in [0.25, 0.3) is 16.7 Å². The molecule has 0 spiro atoms. The van der Waals surface area contributed by atoms with Gasteiger partial charge < -0.3 is 4.90 Å². The van der Waals surface area contributed by atoms with Crippen molar-refractivity contribution in [1.29, 1.82) is 0 Å². The molecule has 0 atom stereocenters. The van der Waals surface area contributed by atoms with Gasteiger partial charge in [-0.15, -0.1) is 0 Å². The lowest BCUT2D eigenvalue weighted by atomic mass is 10.1. The Bertz CT molecular complexity index is 1030. The fraction of sp³-hybridized carbons (Fsp3) is 0.190. The Morgan fingerprint density at radius 2 is 1.69 bits per heavy atom. The van der Waals surface area contributed by atoms with E-state index in [1.807, 2.05) is 24.0 Å². The highest BCUT2D eigenvalue weighted by atomic mass is 15.3. The summed E-state index contributed by atoms with van der Waals surface area (Å²) in [7, 11) is 2.04. The quantitative estimate of drug-likeness (QED) is 0.560. The van der Waals surface area contributed by atoms with Gasteiger partial charge in [-0.3, -0.25) is 0 Å². The third-order valence-electron chi connectivity index (χ3n) is 4.42. The highest BCUT2D eigenvalue weighted by molar-refractivity contribution is 5.87. The number of aromatic nitrogens is 4. The first-order chi connectivity index (χ1) is 12.6. The fourth-order valence-corrected chi connectivity index (χ4v) is 3.33. The molecule has 2 aromatic carbocycles. The molecule has 130 valence electrons. The minimum Gasteiger partial charge on any atom is -0.355 e. The minimum absolute atomic E-state index is 0.779. The Balaban J connectivity index is 1.75. The van der Waals surface area contributed by atoms with Crippen LogP contribution in [0.2, 0.25) is 0 Å². The average molecular weight is 343 g/mol. The van der Waals surface area contributed by atoms with E-state index in [4.69, 9.17) is 0 Å². The van der Waals surface area contributed by atoms with Gasteiger partial charge in [-0.05, 0) is 42.7 Å². The molecule has 0 amide bonds. The van der Waals surface area contributed by atoms with Crippen molar-refractivity contribution in [3.63, 3.8) is 0 Å². The van der Waals surface area contributed by atoms with E-state index in [1.165, 1.54) is 16.7 Å². The smallest absolute Gasteiger partial charge is 0.168 e. The van der Waals surface area contributed by atoms with E-state index in [2.05, 4.69) is 76.3 Å². The average Bonchev–Trinajstić information content (AvgIpc) is 3.06. The number of hydrogen-bond donors (Lipinski definition) is 0. The van der Waals surface area contributed by atoms with Gasteiger partial charge >= 0.3 is 0 Å². The number of benzene rings is 2. The van der Waals surface area contributed by atoms with Gasteiger partial charge in [0, 0.05) is 13.6 Å². The van der Waals surface area contributed by atoms with Gasteiger partial charge in [0.15, 0.2) is 5.65 Å². The van der Waals surface area contributed by atoms with E-state index in [1.54, 1.807) is 6.33 Å². The van der Waals surface area contributed by atoms with Crippen molar-refractivity contribution >= 4 is 16.9 Å². The van der Waals surface area contributed by atoms with Crippen LogP contribution in [0.1, 0.15) is 16.7 Å². The van der Waals surface area contributed by atoms with Crippen LogP contribution >= 0.6 is 0 Å². The predicted molar refractivity (Wildman–Crippen MR) is 105 cm³/mol. The Hall–Kier alpha value is -3.21. The largest absolute Gasteiger partial charge is 0.355 e. The van der Waals surface area contributed by atoms with E-state index < -0.39 is 0 Å². The molecule has 2 aromatic heterocycles. The molecule has 5 nitrogen and oxygen atoms in total. The molecule has 5 heteroatoms. The standard InChI is InChI=1S/C21H21N5/c1-15-9-16(2)11-18(10-15)26-21-19(12-24-26)20(22-14-23-21)25(3)13-17-7-5-4-6-8-17/h4-12,14H,13H2,1-3H3. The Morgan fingerprint density at radius 3 is 2.42 bits per heavy atom. The molecule has 4 rings (SSSR count). The van der Waals surface area contributed by atoms with Gasteiger partial charge in [0.2, 0.25) is 0 Å². The Morgan fingerprint density at radius 1 is 0.962 bits per heavy atom. The van der Waals surface area contributed by atoms with Gasteiger partial charge in [0.05, 0.1) is 17.3 Å². The molecule has 0 N–H and O–H groups in total. The first-order valence-corrected chi connectivity index (χ1v) is 8.64. The summed E-state index contributed by atoms with van der Waals surface area (Å²) >= 11 is 0. The van der Waals surface area contributed by atoms with Crippen molar-refractivity contribution in [2.45, 2.75) is 20.4 Å². The molecule has 0 unspecified atom stereocenters. The summed E-state index contributed by atoms with van der Waals surface area (Å²) in [6.07, 6.45) is 3.46. The van der Waals surface area contributed by atoms with Crippen LogP contribution < -0.4 is 4.90 Å². The predicted octanol–water partition coefficient (Wildman–Crippen LogP) is 4.07. The molecule has 0 saturated heterocycles. The van der Waals surface area contributed by atoms with Crippen molar-refractivity contribution in [3.8, 4) is 5.69 Å². The van der Waals surface area contributed by atoms with Crippen LogP contribution in [0, 0.1) is 13.8 Å². The molecule has 2 heterocycles. The molecule has 0 radical (unpaired) electrons. The molecule has 0 aliphatic rings. The number of aryl methyl sites for hydroxylation is 2. The van der Waals surface area contributed by atoms with E-state index in [0.717, 1.165) is 29.1 Å². The Labute approximate surface area is 152 Å². The summed E-state index contributed by atoms with van der Waals surface area (Å²) in [5, 5.41) is 5.53. The van der Waals surface area contributed by atoms with Crippen LogP contribution in [0.3, 0.4) is 0 Å². The highest BCUT2D eigenvalue weighted by Gasteiger charge is 2.14. The van der Waals surface area contributed by atoms with Crippen molar-refractivity contribution < 1.29 is 0 Å². The summed E-state index contributed by atoms with van der Waals surface area (Å²) in [4.78, 5) is 11.1. The molecule has 0 bridgehead atoms. The SMILES string of the molecule is Cc1cc(C)cc(-n2ncc3c(N(C)Cc4ccccc4)ncnc32)c1. The van der Waals surface area contributed by atoms with E-state index in [9.17, 15) is 0 Å². The fourth-order valence-electron chi connectivity index (χ4n) is 3.33. The van der Waals surface area contributed by atoms with Crippen LogP contribution in [0.15, 0.2) is 61.1 Å². The topological polar surface area (TPSA) is 46.8 Å². The molecule has 0 aliphatic heterocycles. The lowest BCUT2D eigenvalue weighted by Gasteiger charge is -2.18. The van der Waals surface area contributed by atoms with Crippen LogP contribution in [-0.4, -0.2) is 26.8 Å². The van der Waals surface area contributed by atoms with E-state index >= 15 is 0 Å². The maximum absolute atomic E-state index is 4.59. The van der Waals surface area contributed by atoms with Gasteiger partial charge in [-0.2, -0.15) is 5.10 Å². The molecular formula is C21H21N5. The van der Waals surface area contributed by atoms with Gasteiger partial charge in [-0.1, -0.05) is 36.4 Å². The van der Waals surface area contributed by atoms with Gasteiger partial charge in [0.25, 0.3) is 0 Å². The van der Waals surface area contributed by atoms with Crippen molar-refractivity contribution in [1.82, 2.24) is 19.7 Å². The summed E-state index contributed by atoms with van der Waals surface area (Å²) in [6.45, 7) is 4.97. The first-order valence-electron chi connectivity index (χ1n) is 8.64. The van der Waals surface area contributed by atoms with Crippen LogP contribution in [-0.2, 0) is 6.54 Å². The highest BCUT2D eigenvalue weighted by Crippen LogP contribution is 2.25. The number of rotatable bonds is 4. The first kappa shape index (κ1) is 16.3. The van der Waals surface area contributed by atoms with Crippen LogP contribution in [0.5, 0.6) is 0 Å². The number of nitrogens with zero attached hydrogens (tertiary/aromatic N) is 5. The summed E-state index contributed by atoms with van der Waals surface area (Å²) < 4.78 is 1.89. The molecule has 4 aromatic rings. The van der Waals surface area contributed by atoms with Crippen LogP contribution in [0.4, 0.5) is 5.82 Å². The second kappa shape index (κ2) is 6.59. The van der Waals surface area contributed by atoms with Gasteiger partial charge in [-0.25, -0.2) is 14.6 Å². The van der Waals surface area contributed by atoms with Crippen molar-refractivity contribution in [3.05, 3.63) is 77.7 Å². The molecular weight excluding hydrogens is 322 g/mol. The molecule has 0 aliphatic carbocycles. The Kier molecular flexibility index (Phi) is 4.13. The zero-order valence-electron chi connectivity index (χ0n) is 15.2. The maximum Gasteiger partial charge on any atom is 0.168 e. The maximum atomic E-state index is 4.59.